The first-order chi connectivity index (χ1) is 13.9. The van der Waals surface area contributed by atoms with E-state index >= 15 is 0 Å². The number of hydrogen-bond acceptors (Lipinski definition) is 2. The van der Waals surface area contributed by atoms with Gasteiger partial charge >= 0.3 is 0 Å². The molecule has 0 radical (unpaired) electrons. The van der Waals surface area contributed by atoms with E-state index in [1.165, 1.54) is 16.5 Å². The Morgan fingerprint density at radius 1 is 1.24 bits per heavy atom. The molecule has 0 spiro atoms. The lowest BCUT2D eigenvalue weighted by molar-refractivity contribution is -0.128. The monoisotopic (exact) mass is 409 g/mol. The number of likely N-dealkylation sites (tertiary alicyclic amines) is 1. The summed E-state index contributed by atoms with van der Waals surface area (Å²) in [6.45, 7) is 5.05. The molecule has 0 saturated carbocycles. The quantitative estimate of drug-likeness (QED) is 0.653. The standard InChI is InChI=1S/C23H24ClN3O2/c1-14-3-6-20-19(9-14)16(12-25-20)7-8-27-13-17(10-22(27)28)23(29)26-21-11-18(24)5-4-15(21)2/h3-6,9,11-12,17,25H,7-8,10,13H2,1-2H3,(H,26,29)/t17-/m1/s1. The molecule has 1 saturated heterocycles. The van der Waals surface area contributed by atoms with Crippen LogP contribution in [0.3, 0.4) is 0 Å². The fourth-order valence-corrected chi connectivity index (χ4v) is 4.05. The van der Waals surface area contributed by atoms with Crippen molar-refractivity contribution in [2.75, 3.05) is 18.4 Å². The van der Waals surface area contributed by atoms with Crippen molar-refractivity contribution in [3.8, 4) is 0 Å². The second kappa shape index (κ2) is 7.91. The fraction of sp³-hybridized carbons (Fsp3) is 0.304. The molecule has 3 aromatic rings. The van der Waals surface area contributed by atoms with Gasteiger partial charge in [-0.15, -0.1) is 0 Å². The van der Waals surface area contributed by atoms with Crippen LogP contribution in [-0.4, -0.2) is 34.8 Å². The number of rotatable bonds is 5. The predicted octanol–water partition coefficient (Wildman–Crippen LogP) is 4.47. The average molecular weight is 410 g/mol. The van der Waals surface area contributed by atoms with Crippen molar-refractivity contribution in [3.05, 3.63) is 64.3 Å². The molecule has 2 aromatic carbocycles. The molecule has 0 aliphatic carbocycles. The number of aromatic amines is 1. The van der Waals surface area contributed by atoms with Crippen LogP contribution in [0, 0.1) is 19.8 Å². The summed E-state index contributed by atoms with van der Waals surface area (Å²) < 4.78 is 0. The molecule has 1 aliphatic heterocycles. The smallest absolute Gasteiger partial charge is 0.229 e. The van der Waals surface area contributed by atoms with Gasteiger partial charge in [0, 0.05) is 47.3 Å². The summed E-state index contributed by atoms with van der Waals surface area (Å²) in [5, 5.41) is 4.70. The highest BCUT2D eigenvalue weighted by Crippen LogP contribution is 2.25. The van der Waals surface area contributed by atoms with E-state index in [0.717, 1.165) is 17.5 Å². The highest BCUT2D eigenvalue weighted by Gasteiger charge is 2.34. The molecule has 6 heteroatoms. The maximum atomic E-state index is 12.7. The number of halogens is 1. The van der Waals surface area contributed by atoms with Crippen LogP contribution in [0.4, 0.5) is 5.69 Å². The second-order valence-electron chi connectivity index (χ2n) is 7.80. The number of carbonyl (C=O) groups excluding carboxylic acids is 2. The highest BCUT2D eigenvalue weighted by atomic mass is 35.5. The lowest BCUT2D eigenvalue weighted by Gasteiger charge is -2.17. The van der Waals surface area contributed by atoms with Crippen LogP contribution in [-0.2, 0) is 16.0 Å². The number of H-pyrrole nitrogens is 1. The molecule has 1 fully saturated rings. The lowest BCUT2D eigenvalue weighted by Crippen LogP contribution is -2.30. The Labute approximate surface area is 175 Å². The van der Waals surface area contributed by atoms with Crippen LogP contribution in [0.5, 0.6) is 0 Å². The van der Waals surface area contributed by atoms with Gasteiger partial charge in [-0.3, -0.25) is 9.59 Å². The predicted molar refractivity (Wildman–Crippen MR) is 116 cm³/mol. The van der Waals surface area contributed by atoms with Crippen molar-refractivity contribution in [2.45, 2.75) is 26.7 Å². The maximum absolute atomic E-state index is 12.7. The van der Waals surface area contributed by atoms with Crippen LogP contribution in [0.2, 0.25) is 5.02 Å². The Morgan fingerprint density at radius 2 is 2.07 bits per heavy atom. The molecule has 2 heterocycles. The van der Waals surface area contributed by atoms with Gasteiger partial charge in [0.1, 0.15) is 0 Å². The first-order valence-electron chi connectivity index (χ1n) is 9.82. The zero-order valence-electron chi connectivity index (χ0n) is 16.6. The van der Waals surface area contributed by atoms with Gasteiger partial charge in [-0.25, -0.2) is 0 Å². The van der Waals surface area contributed by atoms with E-state index in [9.17, 15) is 9.59 Å². The number of nitrogens with one attached hydrogen (secondary N) is 2. The third kappa shape index (κ3) is 4.15. The minimum Gasteiger partial charge on any atom is -0.361 e. The van der Waals surface area contributed by atoms with E-state index in [1.807, 2.05) is 19.2 Å². The SMILES string of the molecule is Cc1ccc2[nH]cc(CCN3C[C@H](C(=O)Nc4cc(Cl)ccc4C)CC3=O)c2c1. The number of aromatic nitrogens is 1. The average Bonchev–Trinajstić information content (AvgIpc) is 3.26. The summed E-state index contributed by atoms with van der Waals surface area (Å²) in [5.41, 5.74) is 5.15. The van der Waals surface area contributed by atoms with Crippen molar-refractivity contribution in [2.24, 2.45) is 5.92 Å². The van der Waals surface area contributed by atoms with Crippen LogP contribution < -0.4 is 5.32 Å². The van der Waals surface area contributed by atoms with E-state index in [-0.39, 0.29) is 24.2 Å². The molecule has 29 heavy (non-hydrogen) atoms. The minimum absolute atomic E-state index is 0.0315. The van der Waals surface area contributed by atoms with Gasteiger partial charge in [0.15, 0.2) is 0 Å². The molecule has 0 unspecified atom stereocenters. The van der Waals surface area contributed by atoms with Crippen LogP contribution >= 0.6 is 11.6 Å². The summed E-state index contributed by atoms with van der Waals surface area (Å²) >= 11 is 6.03. The highest BCUT2D eigenvalue weighted by molar-refractivity contribution is 6.31. The largest absolute Gasteiger partial charge is 0.361 e. The van der Waals surface area contributed by atoms with Gasteiger partial charge in [-0.1, -0.05) is 29.3 Å². The van der Waals surface area contributed by atoms with Gasteiger partial charge in [0.2, 0.25) is 11.8 Å². The molecule has 4 rings (SSSR count). The van der Waals surface area contributed by atoms with Crippen LogP contribution in [0.15, 0.2) is 42.6 Å². The molecule has 1 aromatic heterocycles. The number of benzene rings is 2. The maximum Gasteiger partial charge on any atom is 0.229 e. The molecule has 2 amide bonds. The normalized spacial score (nSPS) is 16.6. The fourth-order valence-electron chi connectivity index (χ4n) is 3.88. The Morgan fingerprint density at radius 3 is 2.90 bits per heavy atom. The third-order valence-corrected chi connectivity index (χ3v) is 5.85. The second-order valence-corrected chi connectivity index (χ2v) is 8.24. The van der Waals surface area contributed by atoms with Crippen molar-refractivity contribution in [3.63, 3.8) is 0 Å². The first-order valence-corrected chi connectivity index (χ1v) is 10.2. The number of amides is 2. The summed E-state index contributed by atoms with van der Waals surface area (Å²) in [5.74, 6) is -0.441. The molecule has 0 bridgehead atoms. The van der Waals surface area contributed by atoms with Crippen LogP contribution in [0.25, 0.3) is 10.9 Å². The number of carbonyl (C=O) groups is 2. The number of fused-ring (bicyclic) bond motifs is 1. The third-order valence-electron chi connectivity index (χ3n) is 5.62. The molecule has 1 atom stereocenters. The van der Waals surface area contributed by atoms with Crippen molar-refractivity contribution in [1.29, 1.82) is 0 Å². The Balaban J connectivity index is 1.39. The number of anilines is 1. The summed E-state index contributed by atoms with van der Waals surface area (Å²) in [4.78, 5) is 30.2. The van der Waals surface area contributed by atoms with E-state index in [1.54, 1.807) is 17.0 Å². The van der Waals surface area contributed by atoms with E-state index < -0.39 is 0 Å². The van der Waals surface area contributed by atoms with E-state index in [2.05, 4.69) is 35.4 Å². The molecular formula is C23H24ClN3O2. The number of nitrogens with zero attached hydrogens (tertiary/aromatic N) is 1. The summed E-state index contributed by atoms with van der Waals surface area (Å²) in [7, 11) is 0. The zero-order chi connectivity index (χ0) is 20.5. The van der Waals surface area contributed by atoms with E-state index in [0.29, 0.717) is 23.8 Å². The topological polar surface area (TPSA) is 65.2 Å². The van der Waals surface area contributed by atoms with Crippen molar-refractivity contribution >= 4 is 40.0 Å². The Hall–Kier alpha value is -2.79. The zero-order valence-corrected chi connectivity index (χ0v) is 17.3. The summed E-state index contributed by atoms with van der Waals surface area (Å²) in [6.07, 6.45) is 3.02. The first kappa shape index (κ1) is 19.5. The number of aryl methyl sites for hydroxylation is 2. The van der Waals surface area contributed by atoms with Crippen molar-refractivity contribution < 1.29 is 9.59 Å². The van der Waals surface area contributed by atoms with Crippen LogP contribution in [0.1, 0.15) is 23.1 Å². The van der Waals surface area contributed by atoms with Gasteiger partial charge in [-0.05, 0) is 55.7 Å². The van der Waals surface area contributed by atoms with Gasteiger partial charge in [0.25, 0.3) is 0 Å². The van der Waals surface area contributed by atoms with Gasteiger partial charge in [0.05, 0.1) is 5.92 Å². The Bertz CT molecular complexity index is 1090. The summed E-state index contributed by atoms with van der Waals surface area (Å²) in [6, 6.07) is 11.7. The lowest BCUT2D eigenvalue weighted by atomic mass is 10.1. The number of hydrogen-bond donors (Lipinski definition) is 2. The van der Waals surface area contributed by atoms with Gasteiger partial charge < -0.3 is 15.2 Å². The molecule has 5 nitrogen and oxygen atoms in total. The van der Waals surface area contributed by atoms with Crippen molar-refractivity contribution in [1.82, 2.24) is 9.88 Å². The van der Waals surface area contributed by atoms with Gasteiger partial charge in [-0.2, -0.15) is 0 Å². The van der Waals surface area contributed by atoms with E-state index in [4.69, 9.17) is 11.6 Å². The molecular weight excluding hydrogens is 386 g/mol. The molecule has 150 valence electrons. The molecule has 1 aliphatic rings. The Kier molecular flexibility index (Phi) is 5.33. The molecule has 2 N–H and O–H groups in total. The minimum atomic E-state index is -0.342.